The maximum Gasteiger partial charge on any atom is 0.269 e. The number of halogens is 1. The van der Waals surface area contributed by atoms with Gasteiger partial charge >= 0.3 is 0 Å². The SMILES string of the molecule is CCC(C(=O)NC(CO)C(O)c1ccc([N+](=O)[O-])cc1)n1cc(Cl)cn1. The third-order valence-corrected chi connectivity index (χ3v) is 4.12. The van der Waals surface area contributed by atoms with E-state index in [9.17, 15) is 25.1 Å². The molecule has 0 radical (unpaired) electrons. The van der Waals surface area contributed by atoms with E-state index >= 15 is 0 Å². The van der Waals surface area contributed by atoms with Crippen LogP contribution in [-0.2, 0) is 4.79 Å². The number of amides is 1. The Morgan fingerprint density at radius 1 is 1.42 bits per heavy atom. The molecule has 0 saturated carbocycles. The van der Waals surface area contributed by atoms with Crippen LogP contribution in [0.3, 0.4) is 0 Å². The number of hydrogen-bond donors (Lipinski definition) is 3. The number of nitro groups is 1. The van der Waals surface area contributed by atoms with E-state index in [2.05, 4.69) is 10.4 Å². The normalized spacial score (nSPS) is 14.5. The molecule has 2 aromatic rings. The summed E-state index contributed by atoms with van der Waals surface area (Å²) in [6.07, 6.45) is 2.11. The Kier molecular flexibility index (Phi) is 6.67. The predicted molar refractivity (Wildman–Crippen MR) is 93.6 cm³/mol. The van der Waals surface area contributed by atoms with Crippen LogP contribution in [0.15, 0.2) is 36.7 Å². The Labute approximate surface area is 154 Å². The minimum atomic E-state index is -1.23. The van der Waals surface area contributed by atoms with Crippen molar-refractivity contribution in [3.05, 3.63) is 57.4 Å². The smallest absolute Gasteiger partial charge is 0.269 e. The molecular weight excluding hydrogens is 364 g/mol. The van der Waals surface area contributed by atoms with Gasteiger partial charge in [-0.25, -0.2) is 0 Å². The topological polar surface area (TPSA) is 131 Å². The number of hydrogen-bond acceptors (Lipinski definition) is 6. The van der Waals surface area contributed by atoms with Crippen LogP contribution < -0.4 is 5.32 Å². The van der Waals surface area contributed by atoms with Gasteiger partial charge in [0.15, 0.2) is 0 Å². The van der Waals surface area contributed by atoms with E-state index in [1.165, 1.54) is 41.3 Å². The molecule has 0 bridgehead atoms. The standard InChI is InChI=1S/C16H19ClN4O5/c1-2-14(20-8-11(17)7-18-20)16(24)19-13(9-22)15(23)10-3-5-12(6-4-10)21(25)26/h3-8,13-15,22-23H,2,9H2,1H3,(H,19,24). The summed E-state index contributed by atoms with van der Waals surface area (Å²) in [6.45, 7) is 1.28. The Hall–Kier alpha value is -2.49. The summed E-state index contributed by atoms with van der Waals surface area (Å²) < 4.78 is 1.41. The first-order valence-corrected chi connectivity index (χ1v) is 8.28. The van der Waals surface area contributed by atoms with Gasteiger partial charge in [0, 0.05) is 18.3 Å². The van der Waals surface area contributed by atoms with Gasteiger partial charge in [-0.05, 0) is 24.1 Å². The van der Waals surface area contributed by atoms with Crippen molar-refractivity contribution in [2.75, 3.05) is 6.61 Å². The van der Waals surface area contributed by atoms with Crippen molar-refractivity contribution in [2.24, 2.45) is 0 Å². The van der Waals surface area contributed by atoms with Crippen LogP contribution in [0.4, 0.5) is 5.69 Å². The fourth-order valence-corrected chi connectivity index (χ4v) is 2.65. The van der Waals surface area contributed by atoms with Gasteiger partial charge in [0.1, 0.15) is 12.1 Å². The molecule has 1 heterocycles. The molecule has 3 unspecified atom stereocenters. The highest BCUT2D eigenvalue weighted by atomic mass is 35.5. The third-order valence-electron chi connectivity index (χ3n) is 3.93. The quantitative estimate of drug-likeness (QED) is 0.469. The number of nitro benzene ring substituents is 1. The van der Waals surface area contributed by atoms with Crippen LogP contribution in [0.5, 0.6) is 0 Å². The molecule has 26 heavy (non-hydrogen) atoms. The van der Waals surface area contributed by atoms with Crippen molar-refractivity contribution in [2.45, 2.75) is 31.5 Å². The monoisotopic (exact) mass is 382 g/mol. The molecule has 0 aliphatic carbocycles. The summed E-state index contributed by atoms with van der Waals surface area (Å²) in [5.74, 6) is -0.438. The van der Waals surface area contributed by atoms with Crippen molar-refractivity contribution in [1.29, 1.82) is 0 Å². The minimum absolute atomic E-state index is 0.118. The zero-order valence-corrected chi connectivity index (χ0v) is 14.7. The second kappa shape index (κ2) is 8.75. The van der Waals surface area contributed by atoms with Crippen LogP contribution in [-0.4, -0.2) is 43.5 Å². The number of carbonyl (C=O) groups excluding carboxylic acids is 1. The number of non-ortho nitro benzene ring substituents is 1. The van der Waals surface area contributed by atoms with Gasteiger partial charge in [0.25, 0.3) is 5.69 Å². The van der Waals surface area contributed by atoms with E-state index in [0.29, 0.717) is 17.0 Å². The molecular formula is C16H19ClN4O5. The second-order valence-corrected chi connectivity index (χ2v) is 6.09. The first kappa shape index (κ1) is 19.8. The molecule has 9 nitrogen and oxygen atoms in total. The lowest BCUT2D eigenvalue weighted by molar-refractivity contribution is -0.384. The van der Waals surface area contributed by atoms with E-state index in [1.54, 1.807) is 6.92 Å². The van der Waals surface area contributed by atoms with E-state index in [-0.39, 0.29) is 5.69 Å². The maximum atomic E-state index is 12.5. The van der Waals surface area contributed by atoms with Gasteiger partial charge < -0.3 is 15.5 Å². The van der Waals surface area contributed by atoms with Crippen LogP contribution >= 0.6 is 11.6 Å². The zero-order chi connectivity index (χ0) is 19.3. The number of benzene rings is 1. The molecule has 1 aromatic carbocycles. The predicted octanol–water partition coefficient (Wildman–Crippen LogP) is 1.61. The average Bonchev–Trinajstić information content (AvgIpc) is 3.05. The summed E-state index contributed by atoms with van der Waals surface area (Å²) in [6, 6.07) is 3.61. The number of nitrogens with one attached hydrogen (secondary N) is 1. The molecule has 3 atom stereocenters. The van der Waals surface area contributed by atoms with Crippen molar-refractivity contribution in [3.63, 3.8) is 0 Å². The van der Waals surface area contributed by atoms with Crippen molar-refractivity contribution < 1.29 is 19.9 Å². The largest absolute Gasteiger partial charge is 0.394 e. The van der Waals surface area contributed by atoms with Gasteiger partial charge in [-0.1, -0.05) is 18.5 Å². The number of rotatable bonds is 8. The fourth-order valence-electron chi connectivity index (χ4n) is 2.51. The summed E-state index contributed by atoms with van der Waals surface area (Å²) in [5, 5.41) is 37.6. The highest BCUT2D eigenvalue weighted by Gasteiger charge is 2.27. The highest BCUT2D eigenvalue weighted by molar-refractivity contribution is 6.30. The number of aliphatic hydroxyl groups excluding tert-OH is 2. The van der Waals surface area contributed by atoms with Crippen molar-refractivity contribution in [1.82, 2.24) is 15.1 Å². The Morgan fingerprint density at radius 2 is 2.08 bits per heavy atom. The van der Waals surface area contributed by atoms with Gasteiger partial charge in [0.05, 0.1) is 28.8 Å². The van der Waals surface area contributed by atoms with E-state index in [0.717, 1.165) is 0 Å². The third kappa shape index (κ3) is 4.57. The lowest BCUT2D eigenvalue weighted by Crippen LogP contribution is -2.45. The molecule has 3 N–H and O–H groups in total. The summed E-state index contributed by atoms with van der Waals surface area (Å²) in [7, 11) is 0. The van der Waals surface area contributed by atoms with Crippen molar-refractivity contribution in [3.8, 4) is 0 Å². The van der Waals surface area contributed by atoms with Crippen LogP contribution in [0.1, 0.15) is 31.1 Å². The van der Waals surface area contributed by atoms with Gasteiger partial charge in [0.2, 0.25) is 5.91 Å². The Bertz CT molecular complexity index is 764. The average molecular weight is 383 g/mol. The number of aromatic nitrogens is 2. The van der Waals surface area contributed by atoms with E-state index in [4.69, 9.17) is 11.6 Å². The molecule has 1 amide bonds. The second-order valence-electron chi connectivity index (χ2n) is 5.65. The van der Waals surface area contributed by atoms with E-state index in [1.807, 2.05) is 0 Å². The molecule has 0 saturated heterocycles. The number of nitrogens with zero attached hydrogens (tertiary/aromatic N) is 3. The van der Waals surface area contributed by atoms with Gasteiger partial charge in [-0.15, -0.1) is 0 Å². The van der Waals surface area contributed by atoms with Crippen LogP contribution in [0.2, 0.25) is 5.02 Å². The highest BCUT2D eigenvalue weighted by Crippen LogP contribution is 2.21. The lowest BCUT2D eigenvalue weighted by atomic mass is 10.0. The molecule has 0 aliphatic heterocycles. The Morgan fingerprint density at radius 3 is 2.54 bits per heavy atom. The molecule has 0 fully saturated rings. The first-order valence-electron chi connectivity index (χ1n) is 7.90. The van der Waals surface area contributed by atoms with Gasteiger partial charge in [-0.2, -0.15) is 5.10 Å². The van der Waals surface area contributed by atoms with Crippen LogP contribution in [0, 0.1) is 10.1 Å². The molecule has 1 aromatic heterocycles. The molecule has 2 rings (SSSR count). The molecule has 10 heteroatoms. The molecule has 0 aliphatic rings. The van der Waals surface area contributed by atoms with Crippen molar-refractivity contribution >= 4 is 23.2 Å². The minimum Gasteiger partial charge on any atom is -0.394 e. The number of aliphatic hydroxyl groups is 2. The first-order chi connectivity index (χ1) is 12.4. The molecule has 140 valence electrons. The maximum absolute atomic E-state index is 12.5. The molecule has 0 spiro atoms. The fraction of sp³-hybridized carbons (Fsp3) is 0.375. The summed E-state index contributed by atoms with van der Waals surface area (Å²) in [4.78, 5) is 22.6. The lowest BCUT2D eigenvalue weighted by Gasteiger charge is -2.25. The van der Waals surface area contributed by atoms with Gasteiger partial charge in [-0.3, -0.25) is 19.6 Å². The Balaban J connectivity index is 2.11. The summed E-state index contributed by atoms with van der Waals surface area (Å²) in [5.41, 5.74) is 0.220. The van der Waals surface area contributed by atoms with Crippen LogP contribution in [0.25, 0.3) is 0 Å². The zero-order valence-electron chi connectivity index (χ0n) is 13.9. The summed E-state index contributed by atoms with van der Waals surface area (Å²) >= 11 is 5.82. The van der Waals surface area contributed by atoms with E-state index < -0.39 is 35.6 Å². The number of carbonyl (C=O) groups is 1.